The number of carbonyl (C=O) groups excluding carboxylic acids is 1. The van der Waals surface area contributed by atoms with Crippen LogP contribution in [0, 0.1) is 5.82 Å². The first-order valence-electron chi connectivity index (χ1n) is 10.1. The van der Waals surface area contributed by atoms with E-state index < -0.39 is 5.91 Å². The van der Waals surface area contributed by atoms with E-state index in [-0.39, 0.29) is 23.6 Å². The molecule has 8 heteroatoms. The van der Waals surface area contributed by atoms with E-state index in [1.54, 1.807) is 41.8 Å². The van der Waals surface area contributed by atoms with Gasteiger partial charge in [0.1, 0.15) is 5.82 Å². The summed E-state index contributed by atoms with van der Waals surface area (Å²) in [6.45, 7) is 0.242. The third kappa shape index (κ3) is 4.28. The Bertz CT molecular complexity index is 1530. The van der Waals surface area contributed by atoms with Crippen LogP contribution in [0.3, 0.4) is 0 Å². The van der Waals surface area contributed by atoms with Crippen LogP contribution in [0.4, 0.5) is 9.52 Å². The smallest absolute Gasteiger partial charge is 0.278 e. The van der Waals surface area contributed by atoms with Gasteiger partial charge in [0.25, 0.3) is 11.5 Å². The molecule has 6 nitrogen and oxygen atoms in total. The van der Waals surface area contributed by atoms with Crippen molar-refractivity contribution in [2.24, 2.45) is 0 Å². The maximum Gasteiger partial charge on any atom is 0.278 e. The molecule has 0 aliphatic rings. The van der Waals surface area contributed by atoms with Crippen LogP contribution >= 0.6 is 11.3 Å². The molecule has 0 saturated carbocycles. The first-order chi connectivity index (χ1) is 16.1. The van der Waals surface area contributed by atoms with Crippen molar-refractivity contribution >= 4 is 33.1 Å². The Morgan fingerprint density at radius 1 is 0.970 bits per heavy atom. The number of thiazole rings is 1. The van der Waals surface area contributed by atoms with Crippen LogP contribution in [0.1, 0.15) is 16.1 Å². The number of aromatic nitrogens is 3. The van der Waals surface area contributed by atoms with Gasteiger partial charge in [-0.05, 0) is 23.8 Å². The van der Waals surface area contributed by atoms with Crippen molar-refractivity contribution in [3.63, 3.8) is 0 Å². The van der Waals surface area contributed by atoms with E-state index in [1.165, 1.54) is 28.2 Å². The highest BCUT2D eigenvalue weighted by Gasteiger charge is 2.18. The zero-order valence-corrected chi connectivity index (χ0v) is 18.1. The van der Waals surface area contributed by atoms with E-state index in [9.17, 15) is 14.0 Å². The van der Waals surface area contributed by atoms with Gasteiger partial charge in [-0.25, -0.2) is 14.1 Å². The van der Waals surface area contributed by atoms with Crippen molar-refractivity contribution in [1.29, 1.82) is 0 Å². The molecule has 5 aromatic rings. The number of nitrogens with zero attached hydrogens (tertiary/aromatic N) is 3. The molecule has 0 spiro atoms. The number of nitrogens with one attached hydrogen (secondary N) is 1. The maximum absolute atomic E-state index is 13.5. The summed E-state index contributed by atoms with van der Waals surface area (Å²) in [5, 5.41) is 10.1. The Labute approximate surface area is 192 Å². The molecule has 1 amide bonds. The molecular weight excluding hydrogens is 439 g/mol. The molecule has 33 heavy (non-hydrogen) atoms. The molecule has 0 radical (unpaired) electrons. The molecule has 0 unspecified atom stereocenters. The van der Waals surface area contributed by atoms with Crippen molar-refractivity contribution < 1.29 is 9.18 Å². The SMILES string of the molecule is O=C(Nc1nc(-c2cccc(F)c2)cs1)c1nn(Cc2ccccc2)c(=O)c2ccccc12. The number of halogens is 1. The zero-order valence-electron chi connectivity index (χ0n) is 17.2. The van der Waals surface area contributed by atoms with Crippen LogP contribution in [-0.2, 0) is 6.54 Å². The molecule has 5 rings (SSSR count). The molecule has 0 aliphatic heterocycles. The fraction of sp³-hybridized carbons (Fsp3) is 0.0400. The van der Waals surface area contributed by atoms with E-state index in [0.717, 1.165) is 5.56 Å². The summed E-state index contributed by atoms with van der Waals surface area (Å²) in [4.78, 5) is 30.5. The minimum Gasteiger partial charge on any atom is -0.296 e. The van der Waals surface area contributed by atoms with E-state index in [4.69, 9.17) is 0 Å². The molecule has 2 heterocycles. The lowest BCUT2D eigenvalue weighted by Crippen LogP contribution is -2.28. The first-order valence-corrected chi connectivity index (χ1v) is 11.0. The number of anilines is 1. The van der Waals surface area contributed by atoms with Gasteiger partial charge in [-0.15, -0.1) is 11.3 Å². The molecule has 162 valence electrons. The van der Waals surface area contributed by atoms with Gasteiger partial charge in [-0.1, -0.05) is 60.7 Å². The molecule has 0 saturated heterocycles. The molecular formula is C25H17FN4O2S. The van der Waals surface area contributed by atoms with E-state index in [0.29, 0.717) is 27.2 Å². The number of benzene rings is 3. The first kappa shape index (κ1) is 20.7. The predicted molar refractivity (Wildman–Crippen MR) is 127 cm³/mol. The summed E-state index contributed by atoms with van der Waals surface area (Å²) in [6, 6.07) is 22.4. The normalized spacial score (nSPS) is 10.9. The second-order valence-corrected chi connectivity index (χ2v) is 8.20. The Kier molecular flexibility index (Phi) is 5.50. The van der Waals surface area contributed by atoms with Crippen molar-refractivity contribution in [2.45, 2.75) is 6.54 Å². The number of hydrogen-bond acceptors (Lipinski definition) is 5. The van der Waals surface area contributed by atoms with Crippen LogP contribution in [-0.4, -0.2) is 20.7 Å². The Balaban J connectivity index is 1.49. The molecule has 0 fully saturated rings. The van der Waals surface area contributed by atoms with Gasteiger partial charge in [0.05, 0.1) is 17.6 Å². The average molecular weight is 457 g/mol. The van der Waals surface area contributed by atoms with Gasteiger partial charge in [0, 0.05) is 16.3 Å². The van der Waals surface area contributed by atoms with Gasteiger partial charge >= 0.3 is 0 Å². The van der Waals surface area contributed by atoms with Gasteiger partial charge < -0.3 is 0 Å². The molecule has 0 aliphatic carbocycles. The largest absolute Gasteiger partial charge is 0.296 e. The second-order valence-electron chi connectivity index (χ2n) is 7.34. The Morgan fingerprint density at radius 2 is 1.73 bits per heavy atom. The summed E-state index contributed by atoms with van der Waals surface area (Å²) in [7, 11) is 0. The highest BCUT2D eigenvalue weighted by Crippen LogP contribution is 2.26. The van der Waals surface area contributed by atoms with E-state index in [2.05, 4.69) is 15.4 Å². The summed E-state index contributed by atoms with van der Waals surface area (Å²) in [6.07, 6.45) is 0. The van der Waals surface area contributed by atoms with Gasteiger partial charge in [-0.2, -0.15) is 5.10 Å². The quantitative estimate of drug-likeness (QED) is 0.406. The molecule has 0 atom stereocenters. The molecule has 0 bridgehead atoms. The predicted octanol–water partition coefficient (Wildman–Crippen LogP) is 4.96. The lowest BCUT2D eigenvalue weighted by Gasteiger charge is -2.11. The Morgan fingerprint density at radius 3 is 2.52 bits per heavy atom. The topological polar surface area (TPSA) is 76.9 Å². The van der Waals surface area contributed by atoms with Crippen molar-refractivity contribution in [3.8, 4) is 11.3 Å². The van der Waals surface area contributed by atoms with Crippen LogP contribution in [0.15, 0.2) is 89.0 Å². The zero-order chi connectivity index (χ0) is 22.8. The molecule has 3 aromatic carbocycles. The van der Waals surface area contributed by atoms with Crippen LogP contribution in [0.25, 0.3) is 22.0 Å². The number of amides is 1. The van der Waals surface area contributed by atoms with Crippen molar-refractivity contribution in [2.75, 3.05) is 5.32 Å². The van der Waals surface area contributed by atoms with Crippen LogP contribution in [0.2, 0.25) is 0 Å². The summed E-state index contributed by atoms with van der Waals surface area (Å²) in [5.74, 6) is -0.837. The van der Waals surface area contributed by atoms with E-state index >= 15 is 0 Å². The third-order valence-corrected chi connectivity index (χ3v) is 5.86. The molecule has 1 N–H and O–H groups in total. The van der Waals surface area contributed by atoms with Gasteiger partial charge in [0.15, 0.2) is 10.8 Å². The van der Waals surface area contributed by atoms with Crippen molar-refractivity contribution in [1.82, 2.24) is 14.8 Å². The number of hydrogen-bond donors (Lipinski definition) is 1. The fourth-order valence-corrected chi connectivity index (χ4v) is 4.25. The summed E-state index contributed by atoms with van der Waals surface area (Å²) < 4.78 is 14.8. The molecule has 2 aromatic heterocycles. The van der Waals surface area contributed by atoms with Gasteiger partial charge in [-0.3, -0.25) is 14.9 Å². The maximum atomic E-state index is 13.5. The number of rotatable bonds is 5. The minimum atomic E-state index is -0.479. The standard InChI is InChI=1S/C25H17FN4O2S/c26-18-10-6-9-17(13-18)21-15-33-25(27-21)28-23(31)22-19-11-4-5-12-20(19)24(32)30(29-22)14-16-7-2-1-3-8-16/h1-13,15H,14H2,(H,27,28,31). The lowest BCUT2D eigenvalue weighted by molar-refractivity contribution is 0.102. The lowest BCUT2D eigenvalue weighted by atomic mass is 10.1. The minimum absolute atomic E-state index is 0.128. The van der Waals surface area contributed by atoms with Crippen molar-refractivity contribution in [3.05, 3.63) is 112 Å². The fourth-order valence-electron chi connectivity index (χ4n) is 3.53. The second kappa shape index (κ2) is 8.76. The van der Waals surface area contributed by atoms with Crippen LogP contribution in [0.5, 0.6) is 0 Å². The average Bonchev–Trinajstić information content (AvgIpc) is 3.30. The summed E-state index contributed by atoms with van der Waals surface area (Å²) in [5.41, 5.74) is 1.93. The number of carbonyl (C=O) groups is 1. The summed E-state index contributed by atoms with van der Waals surface area (Å²) >= 11 is 1.23. The number of fused-ring (bicyclic) bond motifs is 1. The van der Waals surface area contributed by atoms with E-state index in [1.807, 2.05) is 30.3 Å². The monoisotopic (exact) mass is 456 g/mol. The van der Waals surface area contributed by atoms with Crippen LogP contribution < -0.4 is 10.9 Å². The van der Waals surface area contributed by atoms with Gasteiger partial charge in [0.2, 0.25) is 0 Å². The highest BCUT2D eigenvalue weighted by atomic mass is 32.1. The highest BCUT2D eigenvalue weighted by molar-refractivity contribution is 7.14. The Hall–Kier alpha value is -4.17. The third-order valence-electron chi connectivity index (χ3n) is 5.10.